The van der Waals surface area contributed by atoms with Crippen LogP contribution in [0.25, 0.3) is 0 Å². The molecule has 0 aromatic carbocycles. The molecule has 1 aromatic rings. The van der Waals surface area contributed by atoms with Crippen molar-refractivity contribution in [1.29, 1.82) is 0 Å². The van der Waals surface area contributed by atoms with E-state index in [0.29, 0.717) is 21.9 Å². The Morgan fingerprint density at radius 3 is 2.59 bits per heavy atom. The summed E-state index contributed by atoms with van der Waals surface area (Å²) in [5.74, 6) is 0.281. The van der Waals surface area contributed by atoms with Crippen LogP contribution in [-0.2, 0) is 12.8 Å². The highest BCUT2D eigenvalue weighted by atomic mass is 32.1. The summed E-state index contributed by atoms with van der Waals surface area (Å²) in [6.45, 7) is 6.82. The van der Waals surface area contributed by atoms with E-state index in [1.807, 2.05) is 0 Å². The molecule has 1 heterocycles. The summed E-state index contributed by atoms with van der Waals surface area (Å²) in [7, 11) is 0. The fourth-order valence-corrected chi connectivity index (χ4v) is 3.82. The summed E-state index contributed by atoms with van der Waals surface area (Å²) in [5.41, 5.74) is 13.3. The highest BCUT2D eigenvalue weighted by Gasteiger charge is 2.32. The molecule has 0 bridgehead atoms. The zero-order chi connectivity index (χ0) is 12.8. The maximum Gasteiger partial charge on any atom is 0.251 e. The average Bonchev–Trinajstić information content (AvgIpc) is 2.50. The summed E-state index contributed by atoms with van der Waals surface area (Å²) < 4.78 is 0. The van der Waals surface area contributed by atoms with Crippen molar-refractivity contribution in [2.24, 2.45) is 17.1 Å². The molecule has 0 unspecified atom stereocenters. The number of rotatable bonds is 1. The van der Waals surface area contributed by atoms with Crippen LogP contribution in [0, 0.1) is 11.3 Å². The summed E-state index contributed by atoms with van der Waals surface area (Å²) in [6, 6.07) is 0. The monoisotopic (exact) mass is 252 g/mol. The standard InChI is InChI=1S/C13H20N2OS/c1-13(2,3)7-4-5-8-9(6-7)17-12(15)10(8)11(14)16/h7H,4-6,15H2,1-3H3,(H2,14,16)/t7-/m1/s1. The lowest BCUT2D eigenvalue weighted by atomic mass is 9.72. The molecule has 0 saturated heterocycles. The van der Waals surface area contributed by atoms with Gasteiger partial charge in [0.15, 0.2) is 0 Å². The molecule has 1 amide bonds. The third-order valence-electron chi connectivity index (χ3n) is 3.76. The molecule has 0 aliphatic heterocycles. The molecule has 0 saturated carbocycles. The van der Waals surface area contributed by atoms with Gasteiger partial charge in [0.1, 0.15) is 0 Å². The van der Waals surface area contributed by atoms with Gasteiger partial charge in [-0.3, -0.25) is 4.79 Å². The zero-order valence-corrected chi connectivity index (χ0v) is 11.5. The van der Waals surface area contributed by atoms with E-state index in [2.05, 4.69) is 20.8 Å². The molecule has 94 valence electrons. The van der Waals surface area contributed by atoms with E-state index in [4.69, 9.17) is 11.5 Å². The van der Waals surface area contributed by atoms with Crippen molar-refractivity contribution in [3.63, 3.8) is 0 Å². The van der Waals surface area contributed by atoms with Crippen LogP contribution in [0.15, 0.2) is 0 Å². The smallest absolute Gasteiger partial charge is 0.251 e. The van der Waals surface area contributed by atoms with Crippen LogP contribution in [0.4, 0.5) is 5.00 Å². The Morgan fingerprint density at radius 2 is 2.06 bits per heavy atom. The van der Waals surface area contributed by atoms with Crippen molar-refractivity contribution in [3.8, 4) is 0 Å². The van der Waals surface area contributed by atoms with E-state index in [0.717, 1.165) is 24.8 Å². The van der Waals surface area contributed by atoms with Crippen molar-refractivity contribution < 1.29 is 4.79 Å². The largest absolute Gasteiger partial charge is 0.390 e. The summed E-state index contributed by atoms with van der Waals surface area (Å²) in [4.78, 5) is 12.6. The Morgan fingerprint density at radius 1 is 1.41 bits per heavy atom. The van der Waals surface area contributed by atoms with Gasteiger partial charge in [-0.25, -0.2) is 0 Å². The third kappa shape index (κ3) is 2.18. The molecule has 0 spiro atoms. The number of amides is 1. The van der Waals surface area contributed by atoms with Gasteiger partial charge in [0.05, 0.1) is 10.6 Å². The first-order valence-electron chi connectivity index (χ1n) is 6.00. The van der Waals surface area contributed by atoms with Gasteiger partial charge >= 0.3 is 0 Å². The van der Waals surface area contributed by atoms with Crippen LogP contribution < -0.4 is 11.5 Å². The molecular formula is C13H20N2OS. The predicted octanol–water partition coefficient (Wildman–Crippen LogP) is 2.58. The maximum absolute atomic E-state index is 11.4. The van der Waals surface area contributed by atoms with Gasteiger partial charge < -0.3 is 11.5 Å². The summed E-state index contributed by atoms with van der Waals surface area (Å²) >= 11 is 1.54. The van der Waals surface area contributed by atoms with Crippen molar-refractivity contribution in [3.05, 3.63) is 16.0 Å². The second-order valence-electron chi connectivity index (χ2n) is 5.91. The number of anilines is 1. The lowest BCUT2D eigenvalue weighted by Crippen LogP contribution is -2.27. The minimum atomic E-state index is -0.380. The predicted molar refractivity (Wildman–Crippen MR) is 72.2 cm³/mol. The normalized spacial score (nSPS) is 20.1. The number of hydrogen-bond acceptors (Lipinski definition) is 3. The Labute approximate surface area is 106 Å². The lowest BCUT2D eigenvalue weighted by molar-refractivity contribution is 0.1000. The molecule has 0 radical (unpaired) electrons. The highest BCUT2D eigenvalue weighted by Crippen LogP contribution is 2.43. The molecule has 0 fully saturated rings. The highest BCUT2D eigenvalue weighted by molar-refractivity contribution is 7.16. The topological polar surface area (TPSA) is 69.1 Å². The van der Waals surface area contributed by atoms with E-state index in [9.17, 15) is 4.79 Å². The first-order chi connectivity index (χ1) is 7.80. The second-order valence-corrected chi connectivity index (χ2v) is 7.05. The van der Waals surface area contributed by atoms with Gasteiger partial charge in [-0.2, -0.15) is 0 Å². The zero-order valence-electron chi connectivity index (χ0n) is 10.7. The minimum Gasteiger partial charge on any atom is -0.390 e. The molecule has 1 aliphatic rings. The Bertz CT molecular complexity index is 457. The molecule has 1 atom stereocenters. The van der Waals surface area contributed by atoms with E-state index >= 15 is 0 Å². The van der Waals surface area contributed by atoms with Crippen LogP contribution in [-0.4, -0.2) is 5.91 Å². The molecule has 17 heavy (non-hydrogen) atoms. The molecule has 4 heteroatoms. The van der Waals surface area contributed by atoms with Gasteiger partial charge in [-0.05, 0) is 36.2 Å². The van der Waals surface area contributed by atoms with Crippen LogP contribution >= 0.6 is 11.3 Å². The SMILES string of the molecule is CC(C)(C)[C@@H]1CCc2c(sc(N)c2C(N)=O)C1. The van der Waals surface area contributed by atoms with Gasteiger partial charge in [0, 0.05) is 4.88 Å². The number of hydrogen-bond donors (Lipinski definition) is 2. The van der Waals surface area contributed by atoms with Gasteiger partial charge in [0.2, 0.25) is 0 Å². The number of nitrogen functional groups attached to an aromatic ring is 1. The molecule has 3 nitrogen and oxygen atoms in total. The fourth-order valence-electron chi connectivity index (χ4n) is 2.62. The fraction of sp³-hybridized carbons (Fsp3) is 0.615. The molecule has 2 rings (SSSR count). The van der Waals surface area contributed by atoms with Crippen LogP contribution in [0.5, 0.6) is 0 Å². The van der Waals surface area contributed by atoms with Gasteiger partial charge in [0.25, 0.3) is 5.91 Å². The number of carbonyl (C=O) groups is 1. The number of fused-ring (bicyclic) bond motifs is 1. The van der Waals surface area contributed by atoms with E-state index in [1.54, 1.807) is 11.3 Å². The Kier molecular flexibility index (Phi) is 2.94. The van der Waals surface area contributed by atoms with E-state index in [-0.39, 0.29) is 5.91 Å². The number of carbonyl (C=O) groups excluding carboxylic acids is 1. The Balaban J connectivity index is 2.35. The maximum atomic E-state index is 11.4. The lowest BCUT2D eigenvalue weighted by Gasteiger charge is -2.33. The second kappa shape index (κ2) is 4.02. The first-order valence-corrected chi connectivity index (χ1v) is 6.82. The molecule has 1 aromatic heterocycles. The van der Waals surface area contributed by atoms with Crippen LogP contribution in [0.2, 0.25) is 0 Å². The van der Waals surface area contributed by atoms with Crippen molar-refractivity contribution in [1.82, 2.24) is 0 Å². The summed E-state index contributed by atoms with van der Waals surface area (Å²) in [5, 5.41) is 0.594. The molecule has 1 aliphatic carbocycles. The third-order valence-corrected chi connectivity index (χ3v) is 4.85. The van der Waals surface area contributed by atoms with Crippen LogP contribution in [0.3, 0.4) is 0 Å². The van der Waals surface area contributed by atoms with Gasteiger partial charge in [-0.15, -0.1) is 11.3 Å². The summed E-state index contributed by atoms with van der Waals surface area (Å²) in [6.07, 6.45) is 3.08. The van der Waals surface area contributed by atoms with Crippen molar-refractivity contribution in [2.75, 3.05) is 5.73 Å². The Hall–Kier alpha value is -1.03. The first kappa shape index (κ1) is 12.4. The van der Waals surface area contributed by atoms with Crippen molar-refractivity contribution >= 4 is 22.2 Å². The average molecular weight is 252 g/mol. The minimum absolute atomic E-state index is 0.309. The van der Waals surface area contributed by atoms with Crippen LogP contribution in [0.1, 0.15) is 48.0 Å². The number of nitrogens with two attached hydrogens (primary N) is 2. The van der Waals surface area contributed by atoms with E-state index < -0.39 is 0 Å². The molecule has 4 N–H and O–H groups in total. The number of primary amides is 1. The quantitative estimate of drug-likeness (QED) is 0.806. The van der Waals surface area contributed by atoms with Crippen molar-refractivity contribution in [2.45, 2.75) is 40.0 Å². The van der Waals surface area contributed by atoms with Gasteiger partial charge in [-0.1, -0.05) is 20.8 Å². The number of thiophene rings is 1. The molecular weight excluding hydrogens is 232 g/mol. The van der Waals surface area contributed by atoms with E-state index in [1.165, 1.54) is 4.88 Å².